The van der Waals surface area contributed by atoms with Crippen molar-refractivity contribution in [1.29, 1.82) is 0 Å². The van der Waals surface area contributed by atoms with Gasteiger partial charge in [-0.1, -0.05) is 23.7 Å². The summed E-state index contributed by atoms with van der Waals surface area (Å²) in [6, 6.07) is 14.1. The normalized spacial score (nSPS) is 19.8. The van der Waals surface area contributed by atoms with Crippen LogP contribution in [0.4, 0.5) is 11.4 Å². The predicted octanol–water partition coefficient (Wildman–Crippen LogP) is 1.86. The molecule has 0 radical (unpaired) electrons. The molecule has 0 aliphatic carbocycles. The van der Waals surface area contributed by atoms with Crippen LogP contribution < -0.4 is 15.1 Å². The third kappa shape index (κ3) is 3.66. The minimum absolute atomic E-state index is 0.164. The van der Waals surface area contributed by atoms with Gasteiger partial charge in [0.1, 0.15) is 6.54 Å². The van der Waals surface area contributed by atoms with E-state index in [-0.39, 0.29) is 24.1 Å². The number of halogens is 1. The number of hydrogen-bond donors (Lipinski definition) is 1. The lowest BCUT2D eigenvalue weighted by atomic mass is 10.1. The largest absolute Gasteiger partial charge is 0.332 e. The van der Waals surface area contributed by atoms with E-state index >= 15 is 0 Å². The summed E-state index contributed by atoms with van der Waals surface area (Å²) in [7, 11) is 0. The summed E-state index contributed by atoms with van der Waals surface area (Å²) in [5.74, 6) is -0.236. The molecule has 2 aromatic rings. The zero-order valence-electron chi connectivity index (χ0n) is 15.3. The molecule has 2 heterocycles. The fraction of sp³-hybridized carbons (Fsp3) is 0.286. The highest BCUT2D eigenvalue weighted by molar-refractivity contribution is 6.30. The van der Waals surface area contributed by atoms with Crippen molar-refractivity contribution in [2.24, 2.45) is 0 Å². The molecule has 2 aliphatic rings. The molecule has 1 atom stereocenters. The van der Waals surface area contributed by atoms with Gasteiger partial charge in [-0.05, 0) is 42.8 Å². The molecule has 0 bridgehead atoms. The Morgan fingerprint density at radius 3 is 2.25 bits per heavy atom. The molecule has 2 aromatic carbocycles. The van der Waals surface area contributed by atoms with Crippen LogP contribution in [0, 0.1) is 0 Å². The van der Waals surface area contributed by atoms with Crippen molar-refractivity contribution < 1.29 is 19.7 Å². The Morgan fingerprint density at radius 1 is 0.929 bits per heavy atom. The Hall–Kier alpha value is -2.70. The number of rotatable bonds is 5. The molecule has 2 saturated heterocycles. The Balaban J connectivity index is 1.38. The maximum atomic E-state index is 12.7. The first kappa shape index (κ1) is 18.7. The van der Waals surface area contributed by atoms with Crippen LogP contribution in [0.1, 0.15) is 24.8 Å². The van der Waals surface area contributed by atoms with E-state index in [0.29, 0.717) is 23.7 Å². The van der Waals surface area contributed by atoms with Gasteiger partial charge in [0.05, 0.1) is 12.1 Å². The number of hydrogen-bond acceptors (Lipinski definition) is 3. The second-order valence-corrected chi connectivity index (χ2v) is 7.55. The lowest BCUT2D eigenvalue weighted by Gasteiger charge is -2.16. The average Bonchev–Trinajstić information content (AvgIpc) is 3.24. The van der Waals surface area contributed by atoms with Crippen molar-refractivity contribution in [3.05, 3.63) is 59.1 Å². The third-order valence-electron chi connectivity index (χ3n) is 5.23. The maximum absolute atomic E-state index is 12.7. The van der Waals surface area contributed by atoms with Gasteiger partial charge in [0.15, 0.2) is 6.04 Å². The van der Waals surface area contributed by atoms with Crippen LogP contribution in [0.2, 0.25) is 5.02 Å². The number of nitrogens with zero attached hydrogens (tertiary/aromatic N) is 2. The number of imide groups is 1. The predicted molar refractivity (Wildman–Crippen MR) is 106 cm³/mol. The summed E-state index contributed by atoms with van der Waals surface area (Å²) >= 11 is 5.88. The zero-order chi connectivity index (χ0) is 19.7. The Bertz CT molecular complexity index is 911. The van der Waals surface area contributed by atoms with Gasteiger partial charge in [0.2, 0.25) is 11.8 Å². The van der Waals surface area contributed by atoms with Gasteiger partial charge in [0, 0.05) is 29.2 Å². The minimum atomic E-state index is -0.428. The van der Waals surface area contributed by atoms with Crippen molar-refractivity contribution in [3.8, 4) is 0 Å². The van der Waals surface area contributed by atoms with Crippen molar-refractivity contribution in [2.75, 3.05) is 16.3 Å². The van der Waals surface area contributed by atoms with Gasteiger partial charge < -0.3 is 10.2 Å². The molecule has 0 unspecified atom stereocenters. The smallest absolute Gasteiger partial charge is 0.292 e. The summed E-state index contributed by atoms with van der Waals surface area (Å²) in [6.45, 7) is 1.36. The summed E-state index contributed by atoms with van der Waals surface area (Å²) < 4.78 is 0. The van der Waals surface area contributed by atoms with E-state index in [9.17, 15) is 14.4 Å². The molecule has 0 saturated carbocycles. The average molecular weight is 399 g/mol. The van der Waals surface area contributed by atoms with E-state index in [1.165, 1.54) is 4.90 Å². The number of anilines is 2. The fourth-order valence-corrected chi connectivity index (χ4v) is 3.84. The highest BCUT2D eigenvalue weighted by Gasteiger charge is 2.42. The minimum Gasteiger partial charge on any atom is -0.332 e. The van der Waals surface area contributed by atoms with Gasteiger partial charge in [-0.15, -0.1) is 0 Å². The fourth-order valence-electron chi connectivity index (χ4n) is 3.71. The lowest BCUT2D eigenvalue weighted by Crippen LogP contribution is -2.90. The van der Waals surface area contributed by atoms with E-state index in [1.54, 1.807) is 29.2 Å². The maximum Gasteiger partial charge on any atom is 0.292 e. The Labute approximate surface area is 168 Å². The summed E-state index contributed by atoms with van der Waals surface area (Å²) in [4.78, 5) is 39.9. The van der Waals surface area contributed by atoms with Crippen molar-refractivity contribution in [1.82, 2.24) is 0 Å². The lowest BCUT2D eigenvalue weighted by molar-refractivity contribution is -0.690. The van der Waals surface area contributed by atoms with Crippen LogP contribution >= 0.6 is 11.6 Å². The molecule has 144 valence electrons. The van der Waals surface area contributed by atoms with Crippen LogP contribution in [0.3, 0.4) is 0 Å². The number of carbonyl (C=O) groups excluding carboxylic acids is 3. The molecule has 6 nitrogen and oxygen atoms in total. The number of benzene rings is 2. The number of amides is 3. The molecule has 3 amide bonds. The zero-order valence-corrected chi connectivity index (χ0v) is 16.1. The second-order valence-electron chi connectivity index (χ2n) is 7.11. The molecular weight excluding hydrogens is 378 g/mol. The van der Waals surface area contributed by atoms with E-state index in [0.717, 1.165) is 24.2 Å². The molecule has 0 spiro atoms. The van der Waals surface area contributed by atoms with Crippen LogP contribution in [0.5, 0.6) is 0 Å². The molecule has 0 aromatic heterocycles. The van der Waals surface area contributed by atoms with E-state index in [1.807, 2.05) is 29.6 Å². The summed E-state index contributed by atoms with van der Waals surface area (Å²) in [5, 5.41) is 2.46. The van der Waals surface area contributed by atoms with Gasteiger partial charge in [0.25, 0.3) is 5.91 Å². The first-order chi connectivity index (χ1) is 13.5. The van der Waals surface area contributed by atoms with Gasteiger partial charge in [-0.2, -0.15) is 0 Å². The van der Waals surface area contributed by atoms with Crippen LogP contribution in [-0.2, 0) is 20.9 Å². The second kappa shape index (κ2) is 7.73. The van der Waals surface area contributed by atoms with Crippen LogP contribution in [0.25, 0.3) is 0 Å². The standard InChI is InChI=1S/C21H20ClN3O3/c22-15-5-9-17(10-6-15)25-20(27)12-18(21(25)28)23-13-14-3-7-16(8-4-14)24-11-1-2-19(24)26/h3-10,18,23H,1-2,11-13H2/p+1/t18-/m0/s1. The first-order valence-corrected chi connectivity index (χ1v) is 9.76. The monoisotopic (exact) mass is 398 g/mol. The van der Waals surface area contributed by atoms with E-state index < -0.39 is 6.04 Å². The van der Waals surface area contributed by atoms with Crippen molar-refractivity contribution >= 4 is 40.7 Å². The Morgan fingerprint density at radius 2 is 1.61 bits per heavy atom. The van der Waals surface area contributed by atoms with E-state index in [4.69, 9.17) is 11.6 Å². The molecule has 4 rings (SSSR count). The highest BCUT2D eigenvalue weighted by atomic mass is 35.5. The molecular formula is C21H21ClN3O3+. The van der Waals surface area contributed by atoms with Crippen molar-refractivity contribution in [3.63, 3.8) is 0 Å². The van der Waals surface area contributed by atoms with Crippen molar-refractivity contribution in [2.45, 2.75) is 31.8 Å². The Kier molecular flexibility index (Phi) is 5.15. The topological polar surface area (TPSA) is 74.3 Å². The van der Waals surface area contributed by atoms with E-state index in [2.05, 4.69) is 0 Å². The van der Waals surface area contributed by atoms with Gasteiger partial charge in [-0.25, -0.2) is 4.90 Å². The third-order valence-corrected chi connectivity index (χ3v) is 5.48. The molecule has 7 heteroatoms. The highest BCUT2D eigenvalue weighted by Crippen LogP contribution is 2.24. The quantitative estimate of drug-likeness (QED) is 0.781. The summed E-state index contributed by atoms with van der Waals surface area (Å²) in [6.07, 6.45) is 1.69. The van der Waals surface area contributed by atoms with Crippen LogP contribution in [0.15, 0.2) is 48.5 Å². The van der Waals surface area contributed by atoms with Gasteiger partial charge in [-0.3, -0.25) is 14.4 Å². The first-order valence-electron chi connectivity index (χ1n) is 9.38. The summed E-state index contributed by atoms with van der Waals surface area (Å²) in [5.41, 5.74) is 2.50. The van der Waals surface area contributed by atoms with Gasteiger partial charge >= 0.3 is 0 Å². The number of carbonyl (C=O) groups is 3. The molecule has 28 heavy (non-hydrogen) atoms. The molecule has 2 fully saturated rings. The number of quaternary nitrogens is 1. The molecule has 2 aliphatic heterocycles. The number of nitrogens with two attached hydrogens (primary N) is 1. The SMILES string of the molecule is O=C1CCCN1c1ccc(C[NH2+][C@H]2CC(=O)N(c3ccc(Cl)cc3)C2=O)cc1. The molecule has 2 N–H and O–H groups in total. The van der Waals surface area contributed by atoms with Crippen LogP contribution in [-0.4, -0.2) is 30.3 Å².